The van der Waals surface area contributed by atoms with Crippen molar-refractivity contribution < 1.29 is 51.8 Å². The Balaban J connectivity index is 1.21. The van der Waals surface area contributed by atoms with Gasteiger partial charge in [0, 0.05) is 6.66 Å². The molecule has 2 bridgehead atoms. The monoisotopic (exact) mass is 672 g/mol. The van der Waals surface area contributed by atoms with Gasteiger partial charge in [-0.1, -0.05) is 0 Å². The summed E-state index contributed by atoms with van der Waals surface area (Å²) in [6.45, 7) is -0.204. The van der Waals surface area contributed by atoms with Gasteiger partial charge in [0.25, 0.3) is 5.56 Å². The zero-order chi connectivity index (χ0) is 31.8. The fourth-order valence-electron chi connectivity index (χ4n) is 5.40. The molecule has 0 spiro atoms. The van der Waals surface area contributed by atoms with Crippen molar-refractivity contribution in [3.8, 4) is 0 Å². The molecule has 0 radical (unpaired) electrons. The first-order valence-electron chi connectivity index (χ1n) is 13.2. The third-order valence-electron chi connectivity index (χ3n) is 7.45. The first-order chi connectivity index (χ1) is 21.3. The second kappa shape index (κ2) is 10.9. The van der Waals surface area contributed by atoms with E-state index in [-0.39, 0.29) is 34.1 Å². The highest BCUT2D eigenvalue weighted by molar-refractivity contribution is 7.53. The summed E-state index contributed by atoms with van der Waals surface area (Å²) in [5.74, 6) is -0.167. The van der Waals surface area contributed by atoms with Gasteiger partial charge < -0.3 is 40.6 Å². The number of hydrogen-bond acceptors (Lipinski definition) is 18. The molecule has 2 unspecified atom stereocenters. The van der Waals surface area contributed by atoms with Gasteiger partial charge in [-0.05, 0) is 0 Å². The van der Waals surface area contributed by atoms with Crippen LogP contribution in [-0.4, -0.2) is 111 Å². The van der Waals surface area contributed by atoms with Crippen LogP contribution in [-0.2, 0) is 36.7 Å². The molecule has 0 amide bonds. The second-order valence-electron chi connectivity index (χ2n) is 10.4. The van der Waals surface area contributed by atoms with E-state index < -0.39 is 83.3 Å². The molecule has 0 saturated carbocycles. The van der Waals surface area contributed by atoms with Crippen molar-refractivity contribution in [3.63, 3.8) is 0 Å². The van der Waals surface area contributed by atoms with Crippen molar-refractivity contribution in [1.82, 2.24) is 39.0 Å². The van der Waals surface area contributed by atoms with Crippen molar-refractivity contribution >= 4 is 49.5 Å². The number of ether oxygens (including phenoxy) is 2. The van der Waals surface area contributed by atoms with E-state index in [2.05, 4.69) is 29.9 Å². The number of rotatable bonds is 2. The molecule has 8 N–H and O–H groups in total. The lowest BCUT2D eigenvalue weighted by Crippen LogP contribution is -2.36. The summed E-state index contributed by atoms with van der Waals surface area (Å²) in [6, 6.07) is 0. The Morgan fingerprint density at radius 3 is 2.36 bits per heavy atom. The molecule has 7 heterocycles. The lowest BCUT2D eigenvalue weighted by molar-refractivity contribution is -0.0628. The van der Waals surface area contributed by atoms with Crippen LogP contribution in [0, 0.1) is 0 Å². The minimum absolute atomic E-state index is 0.0472. The number of phosphoric ester groups is 1. The van der Waals surface area contributed by atoms with Crippen LogP contribution in [0.3, 0.4) is 0 Å². The Morgan fingerprint density at radius 1 is 0.889 bits per heavy atom. The van der Waals surface area contributed by atoms with E-state index in [0.29, 0.717) is 0 Å². The lowest BCUT2D eigenvalue weighted by Gasteiger charge is -2.26. The first kappa shape index (κ1) is 30.3. The molecule has 3 saturated heterocycles. The summed E-state index contributed by atoms with van der Waals surface area (Å²) in [4.78, 5) is 45.5. The number of aromatic amines is 1. The topological polar surface area (TPSA) is 309 Å². The van der Waals surface area contributed by atoms with Gasteiger partial charge in [-0.2, -0.15) is 4.98 Å². The van der Waals surface area contributed by atoms with Gasteiger partial charge in [0.2, 0.25) is 5.95 Å². The van der Waals surface area contributed by atoms with E-state index in [1.807, 2.05) is 0 Å². The van der Waals surface area contributed by atoms with E-state index >= 15 is 0 Å². The molecule has 3 fully saturated rings. The minimum atomic E-state index is -5.00. The van der Waals surface area contributed by atoms with E-state index in [9.17, 15) is 29.0 Å². The SMILES string of the molecule is CP1(=O)OC[C@H]2O[C@@H](n3cnc4c(N)ncnc43)[C@@H](O)[C@H]2OP(=O)(O)OC[C@H]2O[C@@H](n3cnc4c(=O)[nH]c(N)nc43)[C@@H](O1)[C@H]2O. The summed E-state index contributed by atoms with van der Waals surface area (Å²) in [5.41, 5.74) is 11.1. The molecule has 242 valence electrons. The predicted octanol–water partition coefficient (Wildman–Crippen LogP) is -1.62. The second-order valence-corrected chi connectivity index (χ2v) is 13.9. The van der Waals surface area contributed by atoms with Crippen LogP contribution in [0.25, 0.3) is 22.3 Å². The number of fused-ring (bicyclic) bond motifs is 5. The molecule has 7 rings (SSSR count). The fraction of sp³-hybridized carbons (Fsp3) is 0.524. The molecule has 24 heteroatoms. The van der Waals surface area contributed by atoms with E-state index in [1.165, 1.54) is 28.1 Å². The number of imidazole rings is 2. The molecular formula is C21H26N10O12P2. The Morgan fingerprint density at radius 2 is 1.58 bits per heavy atom. The van der Waals surface area contributed by atoms with Crippen LogP contribution in [0.5, 0.6) is 0 Å². The quantitative estimate of drug-likeness (QED) is 0.130. The van der Waals surface area contributed by atoms with E-state index in [1.54, 1.807) is 0 Å². The molecular weight excluding hydrogens is 646 g/mol. The van der Waals surface area contributed by atoms with Crippen LogP contribution >= 0.6 is 15.4 Å². The zero-order valence-corrected chi connectivity index (χ0v) is 24.7. The number of anilines is 2. The van der Waals surface area contributed by atoms with Crippen molar-refractivity contribution in [1.29, 1.82) is 0 Å². The molecule has 0 aliphatic carbocycles. The van der Waals surface area contributed by atoms with Gasteiger partial charge in [-0.3, -0.25) is 37.0 Å². The third kappa shape index (κ3) is 5.32. The van der Waals surface area contributed by atoms with E-state index in [4.69, 9.17) is 39.0 Å². The number of aliphatic hydroxyl groups is 2. The zero-order valence-electron chi connectivity index (χ0n) is 23.0. The van der Waals surface area contributed by atoms with Crippen LogP contribution < -0.4 is 17.0 Å². The molecule has 10 atom stereocenters. The summed E-state index contributed by atoms with van der Waals surface area (Å²) in [6.07, 6.45) is -7.93. The van der Waals surface area contributed by atoms with Crippen LogP contribution in [0.1, 0.15) is 12.5 Å². The smallest absolute Gasteiger partial charge is 0.387 e. The largest absolute Gasteiger partial charge is 0.472 e. The first-order valence-corrected chi connectivity index (χ1v) is 16.7. The number of nitrogen functional groups attached to an aromatic ring is 2. The van der Waals surface area contributed by atoms with Gasteiger partial charge in [0.1, 0.15) is 48.5 Å². The Hall–Kier alpha value is -3.40. The van der Waals surface area contributed by atoms with E-state index in [0.717, 1.165) is 6.66 Å². The number of nitrogens with one attached hydrogen (secondary N) is 1. The number of nitrogens with zero attached hydrogens (tertiary/aromatic N) is 7. The Labute approximate surface area is 250 Å². The highest BCUT2D eigenvalue weighted by atomic mass is 31.2. The normalized spacial score (nSPS) is 37.7. The van der Waals surface area contributed by atoms with Crippen LogP contribution in [0.4, 0.5) is 11.8 Å². The fourth-order valence-corrected chi connectivity index (χ4v) is 7.52. The van der Waals surface area contributed by atoms with Crippen molar-refractivity contribution in [2.24, 2.45) is 0 Å². The van der Waals surface area contributed by atoms with Crippen molar-refractivity contribution in [2.45, 2.75) is 49.1 Å². The van der Waals surface area contributed by atoms with Gasteiger partial charge in [0.05, 0.1) is 25.9 Å². The van der Waals surface area contributed by atoms with Crippen LogP contribution in [0.15, 0.2) is 23.8 Å². The number of H-pyrrole nitrogens is 1. The van der Waals surface area contributed by atoms with Gasteiger partial charge in [-0.15, -0.1) is 0 Å². The average Bonchev–Trinajstić information content (AvgIpc) is 3.72. The number of aliphatic hydroxyl groups excluding tert-OH is 2. The minimum Gasteiger partial charge on any atom is -0.387 e. The molecule has 4 aromatic rings. The maximum absolute atomic E-state index is 13.6. The lowest BCUT2D eigenvalue weighted by atomic mass is 10.1. The molecule has 3 aliphatic heterocycles. The van der Waals surface area contributed by atoms with Gasteiger partial charge >= 0.3 is 15.4 Å². The average molecular weight is 672 g/mol. The number of aromatic nitrogens is 8. The summed E-state index contributed by atoms with van der Waals surface area (Å²) in [5, 5.41) is 22.3. The number of phosphoric acid groups is 1. The van der Waals surface area contributed by atoms with Gasteiger partial charge in [-0.25, -0.2) is 24.5 Å². The number of hydrogen-bond donors (Lipinski definition) is 6. The van der Waals surface area contributed by atoms with Gasteiger partial charge in [0.15, 0.2) is 35.1 Å². The standard InChI is InChI=1S/C21H26N10O12P2/c1-44(35)38-3-8-13(12(33)19(41-8)30-5-26-9-15(22)24-4-25-16(9)30)43-45(36,37)39-2-7-11(32)14(42-44)20(40-7)31-6-27-10-17(31)28-21(23)29-18(10)34/h4-8,11-14,19-20,32-33H,2-3H2,1H3,(H,36,37)(H2,22,24,25)(H3,23,28,29,34)/t7-,8-,11+,12+,13+,14+,19-,20-,44?/m1/s1. The molecule has 22 nitrogen and oxygen atoms in total. The highest BCUT2D eigenvalue weighted by Gasteiger charge is 2.53. The molecule has 4 aromatic heterocycles. The highest BCUT2D eigenvalue weighted by Crippen LogP contribution is 2.54. The molecule has 0 aromatic carbocycles. The number of nitrogens with two attached hydrogens (primary N) is 2. The summed E-state index contributed by atoms with van der Waals surface area (Å²) < 4.78 is 63.0. The molecule has 3 aliphatic rings. The van der Waals surface area contributed by atoms with Crippen LogP contribution in [0.2, 0.25) is 0 Å². The third-order valence-corrected chi connectivity index (χ3v) is 9.68. The Bertz CT molecular complexity index is 1940. The van der Waals surface area contributed by atoms with Crippen molar-refractivity contribution in [2.75, 3.05) is 31.3 Å². The predicted molar refractivity (Wildman–Crippen MR) is 147 cm³/mol. The maximum atomic E-state index is 13.6. The van der Waals surface area contributed by atoms with Crippen molar-refractivity contribution in [3.05, 3.63) is 29.3 Å². The summed E-state index contributed by atoms with van der Waals surface area (Å²) in [7, 11) is -9.12. The maximum Gasteiger partial charge on any atom is 0.472 e. The Kier molecular flexibility index (Phi) is 7.30. The summed E-state index contributed by atoms with van der Waals surface area (Å²) >= 11 is 0. The molecule has 45 heavy (non-hydrogen) atoms.